The zero-order chi connectivity index (χ0) is 24.2. The maximum Gasteiger partial charge on any atom is 0.269 e. The molecule has 2 fully saturated rings. The lowest BCUT2D eigenvalue weighted by atomic mass is 10.1. The lowest BCUT2D eigenvalue weighted by molar-refractivity contribution is -0.384. The molecule has 0 bridgehead atoms. The largest absolute Gasteiger partial charge is 0.493 e. The van der Waals surface area contributed by atoms with Crippen LogP contribution in [0.1, 0.15) is 24.0 Å². The number of hydrogen-bond donors (Lipinski definition) is 0. The average molecular weight is 565 g/mol. The highest BCUT2D eigenvalue weighted by atomic mass is 79.9. The number of methoxy groups -OCH3 is 1. The normalized spacial score (nSPS) is 19.2. The monoisotopic (exact) mass is 564 g/mol. The number of nitro groups is 1. The summed E-state index contributed by atoms with van der Waals surface area (Å²) in [5, 5.41) is 11.0. The molecule has 2 heterocycles. The van der Waals surface area contributed by atoms with Crippen molar-refractivity contribution in [1.29, 1.82) is 0 Å². The highest BCUT2D eigenvalue weighted by Crippen LogP contribution is 2.40. The summed E-state index contributed by atoms with van der Waals surface area (Å²) >= 11 is 10.2. The molecule has 2 aliphatic heterocycles. The van der Waals surface area contributed by atoms with Crippen molar-refractivity contribution in [2.45, 2.75) is 25.6 Å². The van der Waals surface area contributed by atoms with E-state index in [4.69, 9.17) is 26.4 Å². The van der Waals surface area contributed by atoms with Gasteiger partial charge in [-0.3, -0.25) is 19.8 Å². The van der Waals surface area contributed by atoms with E-state index in [1.165, 1.54) is 31.0 Å². The van der Waals surface area contributed by atoms with Crippen molar-refractivity contribution in [2.24, 2.45) is 0 Å². The van der Waals surface area contributed by atoms with Gasteiger partial charge in [-0.05, 0) is 58.1 Å². The Kier molecular flexibility index (Phi) is 7.87. The van der Waals surface area contributed by atoms with E-state index >= 15 is 0 Å². The molecule has 1 atom stereocenters. The van der Waals surface area contributed by atoms with Gasteiger partial charge in [0.1, 0.15) is 10.9 Å². The van der Waals surface area contributed by atoms with Crippen molar-refractivity contribution in [2.75, 3.05) is 20.3 Å². The van der Waals surface area contributed by atoms with Crippen molar-refractivity contribution in [1.82, 2.24) is 4.90 Å². The Morgan fingerprint density at radius 3 is 2.91 bits per heavy atom. The SMILES string of the molecule is COc1cc(/C=C2\SC(=S)N(C[C@@H]3CCCO3)C2=O)cc(Br)c1OCc1cccc([N+](=O)[O-])c1. The molecule has 11 heteroatoms. The van der Waals surface area contributed by atoms with E-state index in [2.05, 4.69) is 15.9 Å². The molecule has 2 aliphatic rings. The summed E-state index contributed by atoms with van der Waals surface area (Å²) in [4.78, 5) is 25.6. The van der Waals surface area contributed by atoms with Crippen LogP contribution in [0.3, 0.4) is 0 Å². The van der Waals surface area contributed by atoms with Gasteiger partial charge in [-0.25, -0.2) is 0 Å². The van der Waals surface area contributed by atoms with Gasteiger partial charge in [-0.15, -0.1) is 0 Å². The molecule has 0 unspecified atom stereocenters. The van der Waals surface area contributed by atoms with Crippen molar-refractivity contribution in [3.8, 4) is 11.5 Å². The predicted octanol–water partition coefficient (Wildman–Crippen LogP) is 5.33. The van der Waals surface area contributed by atoms with Gasteiger partial charge >= 0.3 is 0 Å². The molecule has 0 aliphatic carbocycles. The molecule has 0 N–H and O–H groups in total. The number of non-ortho nitro benzene ring substituents is 1. The molecule has 2 aromatic carbocycles. The number of amides is 1. The number of halogens is 1. The second-order valence-electron chi connectivity index (χ2n) is 7.68. The van der Waals surface area contributed by atoms with E-state index in [9.17, 15) is 14.9 Å². The summed E-state index contributed by atoms with van der Waals surface area (Å²) in [5.41, 5.74) is 1.39. The fraction of sp³-hybridized carbons (Fsp3) is 0.304. The van der Waals surface area contributed by atoms with Crippen LogP contribution in [0.5, 0.6) is 11.5 Å². The first-order valence-corrected chi connectivity index (χ1v) is 12.5. The third kappa shape index (κ3) is 5.60. The number of nitrogens with zero attached hydrogens (tertiary/aromatic N) is 2. The molecule has 8 nitrogen and oxygen atoms in total. The minimum atomic E-state index is -0.446. The molecule has 0 aromatic heterocycles. The van der Waals surface area contributed by atoms with Crippen LogP contribution in [0.15, 0.2) is 45.8 Å². The number of carbonyl (C=O) groups is 1. The molecule has 178 valence electrons. The van der Waals surface area contributed by atoms with Gasteiger partial charge in [0.15, 0.2) is 11.5 Å². The molecule has 2 aromatic rings. The van der Waals surface area contributed by atoms with Crippen LogP contribution in [0.4, 0.5) is 5.69 Å². The molecule has 2 saturated heterocycles. The zero-order valence-corrected chi connectivity index (χ0v) is 21.4. The number of ether oxygens (including phenoxy) is 3. The fourth-order valence-electron chi connectivity index (χ4n) is 3.68. The van der Waals surface area contributed by atoms with Crippen LogP contribution >= 0.6 is 39.9 Å². The summed E-state index contributed by atoms with van der Waals surface area (Å²) in [7, 11) is 1.52. The third-order valence-corrected chi connectivity index (χ3v) is 7.30. The highest BCUT2D eigenvalue weighted by Gasteiger charge is 2.34. The van der Waals surface area contributed by atoms with Crippen LogP contribution in [-0.2, 0) is 16.1 Å². The quantitative estimate of drug-likeness (QED) is 0.184. The number of nitro benzene ring substituents is 1. The Hall–Kier alpha value is -2.47. The predicted molar refractivity (Wildman–Crippen MR) is 137 cm³/mol. The third-order valence-electron chi connectivity index (χ3n) is 5.34. The van der Waals surface area contributed by atoms with Crippen molar-refractivity contribution < 1.29 is 23.9 Å². The van der Waals surface area contributed by atoms with Crippen LogP contribution in [0.25, 0.3) is 6.08 Å². The first kappa shape index (κ1) is 24.6. The molecule has 0 spiro atoms. The first-order chi connectivity index (χ1) is 16.4. The number of thioether (sulfide) groups is 1. The summed E-state index contributed by atoms with van der Waals surface area (Å²) in [6.45, 7) is 1.32. The van der Waals surface area contributed by atoms with E-state index in [1.54, 1.807) is 29.2 Å². The Labute approximate surface area is 214 Å². The van der Waals surface area contributed by atoms with Crippen molar-refractivity contribution >= 4 is 61.9 Å². The lowest BCUT2D eigenvalue weighted by Crippen LogP contribution is -2.35. The minimum Gasteiger partial charge on any atom is -0.493 e. The van der Waals surface area contributed by atoms with Gasteiger partial charge in [0, 0.05) is 18.7 Å². The van der Waals surface area contributed by atoms with Gasteiger partial charge in [-0.2, -0.15) is 0 Å². The maximum absolute atomic E-state index is 12.9. The van der Waals surface area contributed by atoms with Gasteiger partial charge in [0.25, 0.3) is 11.6 Å². The topological polar surface area (TPSA) is 91.1 Å². The zero-order valence-electron chi connectivity index (χ0n) is 18.2. The van der Waals surface area contributed by atoms with E-state index in [1.807, 2.05) is 6.07 Å². The van der Waals surface area contributed by atoms with Crippen LogP contribution < -0.4 is 9.47 Å². The van der Waals surface area contributed by atoms with Gasteiger partial charge < -0.3 is 14.2 Å². The van der Waals surface area contributed by atoms with Crippen LogP contribution in [-0.4, -0.2) is 46.4 Å². The minimum absolute atomic E-state index is 0.000661. The lowest BCUT2D eigenvalue weighted by Gasteiger charge is -2.18. The summed E-state index contributed by atoms with van der Waals surface area (Å²) < 4.78 is 18.2. The van der Waals surface area contributed by atoms with Gasteiger partial charge in [0.2, 0.25) is 0 Å². The Balaban J connectivity index is 1.51. The maximum atomic E-state index is 12.9. The van der Waals surface area contributed by atoms with E-state index in [0.29, 0.717) is 37.3 Å². The second kappa shape index (κ2) is 10.9. The van der Waals surface area contributed by atoms with Crippen molar-refractivity contribution in [3.05, 3.63) is 67.0 Å². The standard InChI is InChI=1S/C23H21BrN2O6S2/c1-30-19-10-15(11-20-22(27)25(23(33)34-20)12-17-6-3-7-31-17)9-18(24)21(19)32-13-14-4-2-5-16(8-14)26(28)29/h2,4-5,8-11,17H,3,6-7,12-13H2,1H3/b20-11-/t17-/m0/s1. The number of carbonyl (C=O) groups excluding carboxylic acids is 1. The Bertz CT molecular complexity index is 1170. The Morgan fingerprint density at radius 1 is 1.38 bits per heavy atom. The number of benzene rings is 2. The second-order valence-corrected chi connectivity index (χ2v) is 10.2. The molecule has 4 rings (SSSR count). The molecule has 34 heavy (non-hydrogen) atoms. The molecular weight excluding hydrogens is 544 g/mol. The van der Waals surface area contributed by atoms with Gasteiger partial charge in [-0.1, -0.05) is 36.1 Å². The average Bonchev–Trinajstić information content (AvgIpc) is 3.42. The fourth-order valence-corrected chi connectivity index (χ4v) is 5.53. The van der Waals surface area contributed by atoms with Gasteiger partial charge in [0.05, 0.1) is 34.1 Å². The van der Waals surface area contributed by atoms with Crippen molar-refractivity contribution in [3.63, 3.8) is 0 Å². The summed E-state index contributed by atoms with van der Waals surface area (Å²) in [5.74, 6) is 0.782. The first-order valence-electron chi connectivity index (χ1n) is 10.5. The highest BCUT2D eigenvalue weighted by molar-refractivity contribution is 9.10. The Morgan fingerprint density at radius 2 is 2.21 bits per heavy atom. The summed E-state index contributed by atoms with van der Waals surface area (Å²) in [6.07, 6.45) is 3.72. The van der Waals surface area contributed by atoms with E-state index in [0.717, 1.165) is 25.0 Å². The van der Waals surface area contributed by atoms with E-state index < -0.39 is 4.92 Å². The van der Waals surface area contributed by atoms with E-state index in [-0.39, 0.29) is 24.3 Å². The number of rotatable bonds is 8. The number of thiocarbonyl (C=S) groups is 1. The summed E-state index contributed by atoms with van der Waals surface area (Å²) in [6, 6.07) is 9.84. The molecule has 0 saturated carbocycles. The van der Waals surface area contributed by atoms with Crippen LogP contribution in [0, 0.1) is 10.1 Å². The molecule has 0 radical (unpaired) electrons. The molecule has 1 amide bonds. The van der Waals surface area contributed by atoms with Crippen LogP contribution in [0.2, 0.25) is 0 Å². The molecular formula is C23H21BrN2O6S2. The number of hydrogen-bond acceptors (Lipinski definition) is 8. The smallest absolute Gasteiger partial charge is 0.269 e.